The second-order valence-corrected chi connectivity index (χ2v) is 7.90. The molecule has 0 saturated carbocycles. The summed E-state index contributed by atoms with van der Waals surface area (Å²) in [7, 11) is 0. The van der Waals surface area contributed by atoms with E-state index in [1.54, 1.807) is 4.90 Å². The summed E-state index contributed by atoms with van der Waals surface area (Å²) >= 11 is 0. The minimum absolute atomic E-state index is 0.0200. The van der Waals surface area contributed by atoms with E-state index >= 15 is 0 Å². The van der Waals surface area contributed by atoms with Crippen molar-refractivity contribution in [1.29, 1.82) is 0 Å². The molecule has 0 aliphatic carbocycles. The Labute approximate surface area is 139 Å². The summed E-state index contributed by atoms with van der Waals surface area (Å²) in [4.78, 5) is 27.4. The normalized spacial score (nSPS) is 22.4. The molecule has 4 nitrogen and oxygen atoms in total. The average Bonchev–Trinajstić information content (AvgIpc) is 2.46. The minimum atomic E-state index is -0.470. The van der Waals surface area contributed by atoms with E-state index in [-0.39, 0.29) is 23.3 Å². The molecule has 0 bridgehead atoms. The molecule has 2 rings (SSSR count). The van der Waals surface area contributed by atoms with E-state index in [2.05, 4.69) is 19.2 Å². The maximum Gasteiger partial charge on any atom is 0.246 e. The second kappa shape index (κ2) is 6.73. The van der Waals surface area contributed by atoms with Crippen molar-refractivity contribution >= 4 is 11.8 Å². The predicted octanol–water partition coefficient (Wildman–Crippen LogP) is 2.97. The van der Waals surface area contributed by atoms with Crippen molar-refractivity contribution in [2.75, 3.05) is 0 Å². The first-order chi connectivity index (χ1) is 10.7. The highest BCUT2D eigenvalue weighted by molar-refractivity contribution is 5.97. The van der Waals surface area contributed by atoms with Gasteiger partial charge in [-0.3, -0.25) is 9.59 Å². The molecule has 2 unspecified atom stereocenters. The molecule has 1 N–H and O–H groups in total. The van der Waals surface area contributed by atoms with Crippen LogP contribution in [0.1, 0.15) is 46.6 Å². The highest BCUT2D eigenvalue weighted by Crippen LogP contribution is 2.28. The SMILES string of the molecule is CC(C)CC1C(=O)NC(C(C)(C)C)C(=O)N1Cc1ccccc1. The van der Waals surface area contributed by atoms with Gasteiger partial charge in [0.15, 0.2) is 0 Å². The lowest BCUT2D eigenvalue weighted by Crippen LogP contribution is -2.66. The van der Waals surface area contributed by atoms with Crippen molar-refractivity contribution < 1.29 is 9.59 Å². The number of amides is 2. The van der Waals surface area contributed by atoms with Gasteiger partial charge in [0.25, 0.3) is 0 Å². The number of nitrogens with one attached hydrogen (secondary N) is 1. The molecule has 0 radical (unpaired) electrons. The molecule has 23 heavy (non-hydrogen) atoms. The molecule has 2 amide bonds. The summed E-state index contributed by atoms with van der Waals surface area (Å²) < 4.78 is 0. The Balaban J connectivity index is 2.32. The number of piperazine rings is 1. The van der Waals surface area contributed by atoms with E-state index in [9.17, 15) is 9.59 Å². The second-order valence-electron chi connectivity index (χ2n) is 7.90. The Hall–Kier alpha value is -1.84. The third-order valence-electron chi connectivity index (χ3n) is 4.25. The van der Waals surface area contributed by atoms with Gasteiger partial charge in [0.1, 0.15) is 12.1 Å². The van der Waals surface area contributed by atoms with Crippen LogP contribution in [-0.2, 0) is 16.1 Å². The summed E-state index contributed by atoms with van der Waals surface area (Å²) in [5, 5.41) is 2.95. The molecule has 1 saturated heterocycles. The lowest BCUT2D eigenvalue weighted by molar-refractivity contribution is -0.153. The number of carbonyl (C=O) groups excluding carboxylic acids is 2. The molecule has 1 aromatic rings. The van der Waals surface area contributed by atoms with Crippen LogP contribution in [0.25, 0.3) is 0 Å². The molecule has 1 heterocycles. The maximum absolute atomic E-state index is 13.0. The van der Waals surface area contributed by atoms with Gasteiger partial charge in [-0.25, -0.2) is 0 Å². The van der Waals surface area contributed by atoms with Crippen LogP contribution in [0.2, 0.25) is 0 Å². The van der Waals surface area contributed by atoms with Crippen LogP contribution in [0, 0.1) is 11.3 Å². The van der Waals surface area contributed by atoms with Crippen molar-refractivity contribution in [3.8, 4) is 0 Å². The number of hydrogen-bond donors (Lipinski definition) is 1. The summed E-state index contributed by atoms with van der Waals surface area (Å²) in [5.41, 5.74) is 0.752. The third-order valence-corrected chi connectivity index (χ3v) is 4.25. The van der Waals surface area contributed by atoms with Gasteiger partial charge in [0.05, 0.1) is 0 Å². The zero-order valence-corrected chi connectivity index (χ0v) is 14.8. The first-order valence-corrected chi connectivity index (χ1v) is 8.35. The van der Waals surface area contributed by atoms with Gasteiger partial charge in [0, 0.05) is 6.54 Å². The topological polar surface area (TPSA) is 49.4 Å². The van der Waals surface area contributed by atoms with Gasteiger partial charge in [-0.2, -0.15) is 0 Å². The molecule has 4 heteroatoms. The maximum atomic E-state index is 13.0. The first-order valence-electron chi connectivity index (χ1n) is 8.35. The highest BCUT2D eigenvalue weighted by atomic mass is 16.2. The van der Waals surface area contributed by atoms with Gasteiger partial charge < -0.3 is 10.2 Å². The van der Waals surface area contributed by atoms with Crippen molar-refractivity contribution in [1.82, 2.24) is 10.2 Å². The molecule has 1 aromatic carbocycles. The number of carbonyl (C=O) groups is 2. The fourth-order valence-electron chi connectivity index (χ4n) is 3.00. The highest BCUT2D eigenvalue weighted by Gasteiger charge is 2.45. The fraction of sp³-hybridized carbons (Fsp3) is 0.579. The van der Waals surface area contributed by atoms with Crippen LogP contribution in [0.15, 0.2) is 30.3 Å². The zero-order valence-electron chi connectivity index (χ0n) is 14.8. The number of benzene rings is 1. The summed E-state index contributed by atoms with van der Waals surface area (Å²) in [6, 6.07) is 9.02. The van der Waals surface area contributed by atoms with Crippen molar-refractivity contribution in [3.05, 3.63) is 35.9 Å². The van der Waals surface area contributed by atoms with E-state index in [0.717, 1.165) is 5.56 Å². The Bertz CT molecular complexity index is 560. The Morgan fingerprint density at radius 2 is 1.74 bits per heavy atom. The number of hydrogen-bond acceptors (Lipinski definition) is 2. The van der Waals surface area contributed by atoms with Crippen LogP contribution >= 0.6 is 0 Å². The lowest BCUT2D eigenvalue weighted by Gasteiger charge is -2.43. The summed E-state index contributed by atoms with van der Waals surface area (Å²) in [6.45, 7) is 10.6. The van der Waals surface area contributed by atoms with Crippen molar-refractivity contribution in [3.63, 3.8) is 0 Å². The molecule has 1 fully saturated rings. The lowest BCUT2D eigenvalue weighted by atomic mass is 9.83. The first kappa shape index (κ1) is 17.5. The molecular formula is C19H28N2O2. The molecule has 0 spiro atoms. The van der Waals surface area contributed by atoms with E-state index < -0.39 is 6.04 Å². The molecule has 1 aliphatic heterocycles. The number of nitrogens with zero attached hydrogens (tertiary/aromatic N) is 1. The number of rotatable bonds is 4. The average molecular weight is 316 g/mol. The largest absolute Gasteiger partial charge is 0.342 e. The van der Waals surface area contributed by atoms with Crippen LogP contribution in [0.3, 0.4) is 0 Å². The van der Waals surface area contributed by atoms with Gasteiger partial charge in [-0.15, -0.1) is 0 Å². The van der Waals surface area contributed by atoms with Crippen LogP contribution in [-0.4, -0.2) is 28.8 Å². The minimum Gasteiger partial charge on any atom is -0.342 e. The molecule has 0 aromatic heterocycles. The molecule has 126 valence electrons. The van der Waals surface area contributed by atoms with Gasteiger partial charge >= 0.3 is 0 Å². The summed E-state index contributed by atoms with van der Waals surface area (Å²) in [6.07, 6.45) is 0.682. The van der Waals surface area contributed by atoms with Gasteiger partial charge in [0.2, 0.25) is 11.8 Å². The third kappa shape index (κ3) is 4.12. The smallest absolute Gasteiger partial charge is 0.246 e. The summed E-state index contributed by atoms with van der Waals surface area (Å²) in [5.74, 6) is 0.337. The van der Waals surface area contributed by atoms with Gasteiger partial charge in [-0.05, 0) is 23.3 Å². The quantitative estimate of drug-likeness (QED) is 0.928. The zero-order chi connectivity index (χ0) is 17.2. The Morgan fingerprint density at radius 1 is 1.13 bits per heavy atom. The van der Waals surface area contributed by atoms with Crippen molar-refractivity contribution in [2.45, 2.75) is 59.7 Å². The Morgan fingerprint density at radius 3 is 2.26 bits per heavy atom. The van der Waals surface area contributed by atoms with E-state index in [1.807, 2.05) is 51.1 Å². The monoisotopic (exact) mass is 316 g/mol. The van der Waals surface area contributed by atoms with Crippen molar-refractivity contribution in [2.24, 2.45) is 11.3 Å². The van der Waals surface area contributed by atoms with Crippen LogP contribution < -0.4 is 5.32 Å². The Kier molecular flexibility index (Phi) is 5.12. The standard InChI is InChI=1S/C19H28N2O2/c1-13(2)11-15-17(22)20-16(19(3,4)5)18(23)21(15)12-14-9-7-6-8-10-14/h6-10,13,15-16H,11-12H2,1-5H3,(H,20,22). The van der Waals surface area contributed by atoms with Crippen LogP contribution in [0.4, 0.5) is 0 Å². The molecule has 1 aliphatic rings. The van der Waals surface area contributed by atoms with E-state index in [4.69, 9.17) is 0 Å². The fourth-order valence-corrected chi connectivity index (χ4v) is 3.00. The predicted molar refractivity (Wildman–Crippen MR) is 91.6 cm³/mol. The van der Waals surface area contributed by atoms with Gasteiger partial charge in [-0.1, -0.05) is 65.0 Å². The molecular weight excluding hydrogens is 288 g/mol. The van der Waals surface area contributed by atoms with Crippen LogP contribution in [0.5, 0.6) is 0 Å². The van der Waals surface area contributed by atoms with E-state index in [1.165, 1.54) is 0 Å². The molecule has 2 atom stereocenters. The van der Waals surface area contributed by atoms with E-state index in [0.29, 0.717) is 18.9 Å².